The first kappa shape index (κ1) is 47.5. The molecular weight excluding hydrogens is 816 g/mol. The Morgan fingerprint density at radius 1 is 0.621 bits per heavy atom. The third-order valence-corrected chi connectivity index (χ3v) is 13.7. The highest BCUT2D eigenvalue weighted by atomic mass is 35.5. The summed E-state index contributed by atoms with van der Waals surface area (Å²) >= 11 is 15.6. The minimum Gasteiger partial charge on any atom is -0.451 e. The molecule has 2 atom stereocenters. The van der Waals surface area contributed by atoms with E-state index in [4.69, 9.17) is 42.9 Å². The number of thioether (sulfide) groups is 2. The molecular formula is C42H62Cl2N8O4S2+2. The number of quaternary nitrogens is 2. The van der Waals surface area contributed by atoms with Crippen molar-refractivity contribution < 1.29 is 28.0 Å². The van der Waals surface area contributed by atoms with E-state index in [0.29, 0.717) is 29.3 Å². The number of carbonyl (C=O) groups excluding carboxylic acids is 2. The van der Waals surface area contributed by atoms with Crippen LogP contribution in [0.4, 0.5) is 0 Å². The summed E-state index contributed by atoms with van der Waals surface area (Å²) in [6.07, 6.45) is 0. The second kappa shape index (κ2) is 20.9. The van der Waals surface area contributed by atoms with Crippen LogP contribution in [0, 0.1) is 13.8 Å². The van der Waals surface area contributed by atoms with E-state index in [1.165, 1.54) is 0 Å². The lowest BCUT2D eigenvalue weighted by molar-refractivity contribution is -0.985. The van der Waals surface area contributed by atoms with E-state index in [-0.39, 0.29) is 49.5 Å². The number of aromatic nitrogens is 6. The molecule has 2 aromatic carbocycles. The van der Waals surface area contributed by atoms with Crippen molar-refractivity contribution in [3.8, 4) is 11.4 Å². The average molecular weight is 878 g/mol. The Balaban J connectivity index is 1.33. The third-order valence-electron chi connectivity index (χ3n) is 11.6. The highest BCUT2D eigenvalue weighted by Crippen LogP contribution is 2.30. The number of carbonyl (C=O) groups is 2. The molecule has 4 rings (SSSR count). The molecule has 2 heterocycles. The zero-order valence-electron chi connectivity index (χ0n) is 36.1. The molecule has 0 aliphatic carbocycles. The van der Waals surface area contributed by atoms with Gasteiger partial charge in [0, 0.05) is 10.0 Å². The summed E-state index contributed by atoms with van der Waals surface area (Å²) in [5, 5.41) is 12.1. The van der Waals surface area contributed by atoms with Crippen molar-refractivity contribution in [2.24, 2.45) is 0 Å². The van der Waals surface area contributed by atoms with Gasteiger partial charge in [-0.05, 0) is 119 Å². The Morgan fingerprint density at radius 3 is 1.28 bits per heavy atom. The maximum absolute atomic E-state index is 13.1. The molecule has 0 N–H and O–H groups in total. The van der Waals surface area contributed by atoms with Crippen molar-refractivity contribution in [3.05, 3.63) is 70.2 Å². The summed E-state index contributed by atoms with van der Waals surface area (Å²) in [6, 6.07) is 15.8. The molecule has 318 valence electrons. The summed E-state index contributed by atoms with van der Waals surface area (Å²) in [6.45, 7) is 27.2. The van der Waals surface area contributed by atoms with Gasteiger partial charge in [0.15, 0.2) is 0 Å². The van der Waals surface area contributed by atoms with E-state index in [2.05, 4.69) is 79.2 Å². The summed E-state index contributed by atoms with van der Waals surface area (Å²) in [7, 11) is 0. The van der Waals surface area contributed by atoms with Crippen LogP contribution >= 0.6 is 46.7 Å². The van der Waals surface area contributed by atoms with E-state index in [9.17, 15) is 9.59 Å². The second-order valence-electron chi connectivity index (χ2n) is 16.1. The van der Waals surface area contributed by atoms with Gasteiger partial charge in [0.25, 0.3) is 0 Å². The molecule has 0 aliphatic rings. The Labute approximate surface area is 363 Å². The minimum atomic E-state index is -0.968. The Hall–Kier alpha value is -3.14. The van der Waals surface area contributed by atoms with Gasteiger partial charge in [-0.1, -0.05) is 58.9 Å². The molecule has 0 saturated heterocycles. The van der Waals surface area contributed by atoms with Crippen LogP contribution in [0.15, 0.2) is 58.8 Å². The van der Waals surface area contributed by atoms with Gasteiger partial charge in [0.05, 0.1) is 60.1 Å². The molecule has 2 aromatic heterocycles. The standard InChI is InChI=1S/C42H62Cl2N8O4S2/c1-27(2)51(28(3)4,19-21-57-41-45-33(11)49(47-41)37-17-13-15-35(43)23-37)31(9)25-55-39(53)40(54)56-26-32(10)52(29(5)6,30(7)8)20-22-58-42-46-34(12)50(48-42)38-18-14-16-36(44)24-38/h13-18,23-24,27-32H,19-22,25-26H2,1-12H3/q+2. The van der Waals surface area contributed by atoms with E-state index >= 15 is 0 Å². The molecule has 0 saturated carbocycles. The molecule has 12 nitrogen and oxygen atoms in total. The first-order valence-electron chi connectivity index (χ1n) is 20.1. The maximum atomic E-state index is 13.1. The van der Waals surface area contributed by atoms with Gasteiger partial charge < -0.3 is 18.4 Å². The fraction of sp³-hybridized carbons (Fsp3) is 0.571. The van der Waals surface area contributed by atoms with Crippen molar-refractivity contribution in [1.29, 1.82) is 0 Å². The number of rotatable bonds is 20. The first-order chi connectivity index (χ1) is 27.3. The topological polar surface area (TPSA) is 114 Å². The van der Waals surface area contributed by atoms with Gasteiger partial charge in [0.1, 0.15) is 36.9 Å². The zero-order chi connectivity index (χ0) is 42.9. The van der Waals surface area contributed by atoms with Gasteiger partial charge in [0.2, 0.25) is 10.3 Å². The lowest BCUT2D eigenvalue weighted by Crippen LogP contribution is -2.65. The summed E-state index contributed by atoms with van der Waals surface area (Å²) < 4.78 is 16.3. The number of aryl methyl sites for hydroxylation is 2. The van der Waals surface area contributed by atoms with Crippen molar-refractivity contribution in [2.45, 2.75) is 130 Å². The number of esters is 2. The molecule has 0 bridgehead atoms. The van der Waals surface area contributed by atoms with Crippen molar-refractivity contribution >= 4 is 58.7 Å². The number of nitrogens with zero attached hydrogens (tertiary/aromatic N) is 8. The second-order valence-corrected chi connectivity index (χ2v) is 19.1. The molecule has 58 heavy (non-hydrogen) atoms. The predicted octanol–water partition coefficient (Wildman–Crippen LogP) is 8.79. The van der Waals surface area contributed by atoms with Gasteiger partial charge in [-0.2, -0.15) is 0 Å². The van der Waals surface area contributed by atoms with E-state index in [1.54, 1.807) is 32.9 Å². The molecule has 0 fully saturated rings. The van der Waals surface area contributed by atoms with Crippen LogP contribution in [-0.4, -0.2) is 124 Å². The first-order valence-corrected chi connectivity index (χ1v) is 22.8. The van der Waals surface area contributed by atoms with Gasteiger partial charge in [-0.15, -0.1) is 10.2 Å². The molecule has 0 aliphatic heterocycles. The quantitative estimate of drug-likeness (QED) is 0.0370. The van der Waals surface area contributed by atoms with Crippen molar-refractivity contribution in [3.63, 3.8) is 0 Å². The fourth-order valence-electron chi connectivity index (χ4n) is 8.64. The molecule has 0 radical (unpaired) electrons. The summed E-state index contributed by atoms with van der Waals surface area (Å²) in [5.41, 5.74) is 1.72. The van der Waals surface area contributed by atoms with Crippen LogP contribution in [0.3, 0.4) is 0 Å². The lowest BCUT2D eigenvalue weighted by Gasteiger charge is -2.50. The minimum absolute atomic E-state index is 0.0844. The number of benzene rings is 2. The largest absolute Gasteiger partial charge is 0.451 e. The van der Waals surface area contributed by atoms with Crippen LogP contribution in [-0.2, 0) is 19.1 Å². The third kappa shape index (κ3) is 11.2. The smallest absolute Gasteiger partial charge is 0.417 e. The molecule has 4 aromatic rings. The van der Waals surface area contributed by atoms with Crippen LogP contribution in [0.1, 0.15) is 80.9 Å². The Morgan fingerprint density at radius 2 is 0.966 bits per heavy atom. The summed E-state index contributed by atoms with van der Waals surface area (Å²) in [5.74, 6) is 1.12. The number of ether oxygens (including phenoxy) is 2. The van der Waals surface area contributed by atoms with Crippen molar-refractivity contribution in [2.75, 3.05) is 37.8 Å². The molecule has 0 amide bonds. The molecule has 16 heteroatoms. The van der Waals surface area contributed by atoms with Crippen LogP contribution in [0.5, 0.6) is 0 Å². The van der Waals surface area contributed by atoms with Crippen LogP contribution < -0.4 is 0 Å². The van der Waals surface area contributed by atoms with E-state index in [1.807, 2.05) is 62.4 Å². The highest BCUT2D eigenvalue weighted by molar-refractivity contribution is 7.99. The lowest BCUT2D eigenvalue weighted by atomic mass is 10.1. The summed E-state index contributed by atoms with van der Waals surface area (Å²) in [4.78, 5) is 35.6. The monoisotopic (exact) mass is 876 g/mol. The maximum Gasteiger partial charge on any atom is 0.417 e. The van der Waals surface area contributed by atoms with Crippen LogP contribution in [0.2, 0.25) is 10.0 Å². The SMILES string of the molecule is Cc1nc(SCC[N+](C(C)C)(C(C)C)C(C)COC(=O)C(=O)OCC(C)[N+](CCSc2nc(C)n(-c3cccc(Cl)c3)n2)(C(C)C)C(C)C)nn1-c1cccc(Cl)c1. The van der Waals surface area contributed by atoms with E-state index < -0.39 is 11.9 Å². The fourth-order valence-corrected chi connectivity index (χ4v) is 10.9. The number of hydrogen-bond acceptors (Lipinski definition) is 10. The Kier molecular flexibility index (Phi) is 17.1. The zero-order valence-corrected chi connectivity index (χ0v) is 39.3. The van der Waals surface area contributed by atoms with Gasteiger partial charge >= 0.3 is 11.9 Å². The number of hydrogen-bond donors (Lipinski definition) is 0. The van der Waals surface area contributed by atoms with E-state index in [0.717, 1.165) is 47.6 Å². The van der Waals surface area contributed by atoms with Gasteiger partial charge in [-0.25, -0.2) is 28.9 Å². The Bertz CT molecular complexity index is 1830. The van der Waals surface area contributed by atoms with Crippen LogP contribution in [0.25, 0.3) is 11.4 Å². The van der Waals surface area contributed by atoms with Gasteiger partial charge in [-0.3, -0.25) is 0 Å². The average Bonchev–Trinajstić information content (AvgIpc) is 3.73. The predicted molar refractivity (Wildman–Crippen MR) is 235 cm³/mol. The normalized spacial score (nSPS) is 13.5. The number of halogens is 2. The van der Waals surface area contributed by atoms with Crippen molar-refractivity contribution in [1.82, 2.24) is 29.5 Å². The molecule has 2 unspecified atom stereocenters. The molecule has 0 spiro atoms. The highest BCUT2D eigenvalue weighted by Gasteiger charge is 2.43.